The lowest BCUT2D eigenvalue weighted by atomic mass is 10.1. The highest BCUT2D eigenvalue weighted by atomic mass is 16.7. The van der Waals surface area contributed by atoms with Crippen molar-refractivity contribution in [3.8, 4) is 11.5 Å². The summed E-state index contributed by atoms with van der Waals surface area (Å²) in [5.74, 6) is 0.715. The zero-order valence-electron chi connectivity index (χ0n) is 14.3. The number of nitrogens with zero attached hydrogens (tertiary/aromatic N) is 1. The second-order valence-electron chi connectivity index (χ2n) is 5.74. The van der Waals surface area contributed by atoms with Crippen LogP contribution in [0, 0.1) is 0 Å². The summed E-state index contributed by atoms with van der Waals surface area (Å²) in [6, 6.07) is 5.54. The number of allylic oxidation sites excluding steroid dienone is 2. The third-order valence-electron chi connectivity index (χ3n) is 3.84. The smallest absolute Gasteiger partial charge is 0.328 e. The third-order valence-corrected chi connectivity index (χ3v) is 3.84. The zero-order valence-corrected chi connectivity index (χ0v) is 14.3. The van der Waals surface area contributed by atoms with Gasteiger partial charge in [0.2, 0.25) is 12.7 Å². The molecule has 1 saturated heterocycles. The van der Waals surface area contributed by atoms with Gasteiger partial charge in [-0.05, 0) is 37.0 Å². The topological polar surface area (TPSA) is 76.1 Å². The number of aliphatic carboxylic acids is 1. The van der Waals surface area contributed by atoms with Crippen molar-refractivity contribution < 1.29 is 24.2 Å². The highest BCUT2D eigenvalue weighted by molar-refractivity contribution is 5.80. The molecule has 1 aromatic rings. The van der Waals surface area contributed by atoms with Gasteiger partial charge in [0.25, 0.3) is 0 Å². The van der Waals surface area contributed by atoms with Crippen molar-refractivity contribution in [2.75, 3.05) is 19.9 Å². The Morgan fingerprint density at radius 2 is 1.80 bits per heavy atom. The van der Waals surface area contributed by atoms with Gasteiger partial charge in [0, 0.05) is 26.1 Å². The molecule has 0 aliphatic carbocycles. The molecule has 6 heteroatoms. The van der Waals surface area contributed by atoms with Crippen LogP contribution in [0.4, 0.5) is 0 Å². The van der Waals surface area contributed by atoms with Crippen LogP contribution in [0.3, 0.4) is 0 Å². The molecule has 3 rings (SSSR count). The molecule has 0 atom stereocenters. The van der Waals surface area contributed by atoms with E-state index in [0.717, 1.165) is 30.5 Å². The second kappa shape index (κ2) is 9.52. The molecular weight excluding hydrogens is 322 g/mol. The van der Waals surface area contributed by atoms with Gasteiger partial charge in [-0.1, -0.05) is 24.3 Å². The molecule has 1 N–H and O–H groups in total. The first-order valence-corrected chi connectivity index (χ1v) is 8.29. The van der Waals surface area contributed by atoms with Gasteiger partial charge in [0.05, 0.1) is 0 Å². The molecule has 0 spiro atoms. The van der Waals surface area contributed by atoms with E-state index in [4.69, 9.17) is 14.6 Å². The summed E-state index contributed by atoms with van der Waals surface area (Å²) in [4.78, 5) is 22.9. The molecule has 6 nitrogen and oxygen atoms in total. The number of hydrogen-bond acceptors (Lipinski definition) is 4. The molecule has 0 radical (unpaired) electrons. The number of ether oxygens (including phenoxy) is 2. The fourth-order valence-electron chi connectivity index (χ4n) is 2.53. The van der Waals surface area contributed by atoms with Crippen LogP contribution in [-0.4, -0.2) is 41.8 Å². The van der Waals surface area contributed by atoms with E-state index in [1.54, 1.807) is 19.1 Å². The van der Waals surface area contributed by atoms with Crippen molar-refractivity contribution >= 4 is 18.0 Å². The van der Waals surface area contributed by atoms with Crippen LogP contribution in [0.1, 0.15) is 31.7 Å². The largest absolute Gasteiger partial charge is 0.478 e. The summed E-state index contributed by atoms with van der Waals surface area (Å²) < 4.78 is 10.4. The number of fused-ring (bicyclic) bond motifs is 1. The molecule has 2 aliphatic rings. The standard InChI is InChI=1S/C12H10O4.C7H13NO/c13-12(14)4-2-1-3-9-5-6-10-11(7-9)16-8-15-10;1-7(9)8-5-3-2-4-6-8/h1-7H,8H2,(H,13,14);2-6H2,1H3/b3-1?,4-2+;. The molecule has 1 aromatic carbocycles. The Kier molecular flexibility index (Phi) is 7.07. The number of likely N-dealkylation sites (tertiary alicyclic amines) is 1. The van der Waals surface area contributed by atoms with Gasteiger partial charge in [0.1, 0.15) is 0 Å². The van der Waals surface area contributed by atoms with E-state index in [-0.39, 0.29) is 12.7 Å². The quantitative estimate of drug-likeness (QED) is 0.673. The van der Waals surface area contributed by atoms with Crippen LogP contribution in [0.25, 0.3) is 6.08 Å². The molecule has 134 valence electrons. The summed E-state index contributed by atoms with van der Waals surface area (Å²) in [6.07, 6.45) is 9.67. The molecular formula is C19H23NO5. The van der Waals surface area contributed by atoms with E-state index < -0.39 is 5.97 Å². The Morgan fingerprint density at radius 1 is 1.08 bits per heavy atom. The Hall–Kier alpha value is -2.76. The summed E-state index contributed by atoms with van der Waals surface area (Å²) >= 11 is 0. The van der Waals surface area contributed by atoms with Crippen LogP contribution in [-0.2, 0) is 9.59 Å². The monoisotopic (exact) mass is 345 g/mol. The summed E-state index contributed by atoms with van der Waals surface area (Å²) in [7, 11) is 0. The van der Waals surface area contributed by atoms with Crippen molar-refractivity contribution in [1.29, 1.82) is 0 Å². The maximum Gasteiger partial charge on any atom is 0.328 e. The molecule has 0 aromatic heterocycles. The van der Waals surface area contributed by atoms with Gasteiger partial charge in [-0.3, -0.25) is 4.79 Å². The lowest BCUT2D eigenvalue weighted by Crippen LogP contribution is -2.33. The first-order chi connectivity index (χ1) is 12.1. The Balaban J connectivity index is 0.000000212. The van der Waals surface area contributed by atoms with Gasteiger partial charge in [0.15, 0.2) is 11.5 Å². The minimum atomic E-state index is -0.963. The number of carboxylic acid groups (broad SMARTS) is 1. The Morgan fingerprint density at radius 3 is 2.44 bits per heavy atom. The van der Waals surface area contributed by atoms with E-state index in [1.165, 1.54) is 25.3 Å². The number of benzene rings is 1. The van der Waals surface area contributed by atoms with Crippen LogP contribution >= 0.6 is 0 Å². The van der Waals surface area contributed by atoms with Gasteiger partial charge < -0.3 is 19.5 Å². The van der Waals surface area contributed by atoms with Crippen molar-refractivity contribution in [2.24, 2.45) is 0 Å². The van der Waals surface area contributed by atoms with Gasteiger partial charge >= 0.3 is 5.97 Å². The predicted octanol–water partition coefficient (Wildman–Crippen LogP) is 3.09. The van der Waals surface area contributed by atoms with Crippen molar-refractivity contribution in [1.82, 2.24) is 4.90 Å². The molecule has 0 saturated carbocycles. The Bertz CT molecular complexity index is 660. The average molecular weight is 345 g/mol. The number of carbonyl (C=O) groups excluding carboxylic acids is 1. The van der Waals surface area contributed by atoms with Crippen LogP contribution in [0.5, 0.6) is 11.5 Å². The molecule has 25 heavy (non-hydrogen) atoms. The lowest BCUT2D eigenvalue weighted by molar-refractivity contribution is -0.131. The van der Waals surface area contributed by atoms with Crippen LogP contribution < -0.4 is 9.47 Å². The van der Waals surface area contributed by atoms with Crippen LogP contribution in [0.15, 0.2) is 36.4 Å². The Labute approximate surface area is 147 Å². The van der Waals surface area contributed by atoms with E-state index in [2.05, 4.69) is 0 Å². The highest BCUT2D eigenvalue weighted by Gasteiger charge is 2.12. The number of hydrogen-bond donors (Lipinski definition) is 1. The SMILES string of the molecule is CC(=O)N1CCCCC1.O=C(O)/C=C/C=Cc1ccc2c(c1)OCO2. The fraction of sp³-hybridized carbons (Fsp3) is 0.368. The van der Waals surface area contributed by atoms with E-state index >= 15 is 0 Å². The maximum atomic E-state index is 10.7. The summed E-state index contributed by atoms with van der Waals surface area (Å²) in [5, 5.41) is 8.38. The summed E-state index contributed by atoms with van der Waals surface area (Å²) in [5.41, 5.74) is 0.930. The molecule has 1 fully saturated rings. The highest BCUT2D eigenvalue weighted by Crippen LogP contribution is 2.32. The number of amides is 1. The number of piperidine rings is 1. The molecule has 0 unspecified atom stereocenters. The van der Waals surface area contributed by atoms with Crippen molar-refractivity contribution in [3.63, 3.8) is 0 Å². The van der Waals surface area contributed by atoms with E-state index in [1.807, 2.05) is 23.1 Å². The van der Waals surface area contributed by atoms with Gasteiger partial charge in [-0.15, -0.1) is 0 Å². The van der Waals surface area contributed by atoms with Crippen molar-refractivity contribution in [3.05, 3.63) is 42.0 Å². The number of carboxylic acids is 1. The van der Waals surface area contributed by atoms with E-state index in [9.17, 15) is 9.59 Å². The molecule has 2 aliphatic heterocycles. The molecule has 0 bridgehead atoms. The average Bonchev–Trinajstić information content (AvgIpc) is 3.07. The third kappa shape index (κ3) is 6.33. The van der Waals surface area contributed by atoms with E-state index in [0.29, 0.717) is 5.75 Å². The zero-order chi connectivity index (χ0) is 18.1. The molecule has 1 amide bonds. The minimum Gasteiger partial charge on any atom is -0.478 e. The first-order valence-electron chi connectivity index (χ1n) is 8.29. The van der Waals surface area contributed by atoms with Gasteiger partial charge in [-0.25, -0.2) is 4.79 Å². The summed E-state index contributed by atoms with van der Waals surface area (Å²) in [6.45, 7) is 3.86. The lowest BCUT2D eigenvalue weighted by Gasteiger charge is -2.24. The normalized spacial score (nSPS) is 16.0. The predicted molar refractivity (Wildman–Crippen MR) is 94.5 cm³/mol. The van der Waals surface area contributed by atoms with Crippen molar-refractivity contribution in [2.45, 2.75) is 26.2 Å². The van der Waals surface area contributed by atoms with Crippen LogP contribution in [0.2, 0.25) is 0 Å². The number of rotatable bonds is 3. The fourth-order valence-corrected chi connectivity index (χ4v) is 2.53. The first kappa shape index (κ1) is 18.6. The minimum absolute atomic E-state index is 0.231. The number of carbonyl (C=O) groups is 2. The molecule has 2 heterocycles. The second-order valence-corrected chi connectivity index (χ2v) is 5.74. The van der Waals surface area contributed by atoms with Gasteiger partial charge in [-0.2, -0.15) is 0 Å². The maximum absolute atomic E-state index is 10.7.